The van der Waals surface area contributed by atoms with Crippen LogP contribution in [-0.4, -0.2) is 46.8 Å². The van der Waals surface area contributed by atoms with E-state index in [-0.39, 0.29) is 11.8 Å². The number of aromatic nitrogens is 4. The standard InChI is InChI=1S/C23H24N6O2/c1-14(18-6-4-16(23(30)24-2)9-21(18)31-3)11-25-22-10-20(26-13-27-22)15-5-7-19-17(8-15)12-28-29-19/h4-10,12-14H,11H2,1-3H3,(H,24,30)(H,28,29)(H,25,26,27)/t14-/m1/s1. The molecule has 0 saturated carbocycles. The van der Waals surface area contributed by atoms with Crippen LogP contribution in [0.1, 0.15) is 28.8 Å². The van der Waals surface area contributed by atoms with Gasteiger partial charge in [0.15, 0.2) is 0 Å². The van der Waals surface area contributed by atoms with Crippen molar-refractivity contribution in [3.63, 3.8) is 0 Å². The zero-order valence-corrected chi connectivity index (χ0v) is 17.6. The lowest BCUT2D eigenvalue weighted by Crippen LogP contribution is -2.18. The van der Waals surface area contributed by atoms with Crippen molar-refractivity contribution in [3.05, 3.63) is 66.1 Å². The van der Waals surface area contributed by atoms with Gasteiger partial charge in [-0.3, -0.25) is 9.89 Å². The molecule has 0 unspecified atom stereocenters. The van der Waals surface area contributed by atoms with Gasteiger partial charge in [0.25, 0.3) is 5.91 Å². The molecule has 0 aliphatic carbocycles. The van der Waals surface area contributed by atoms with Gasteiger partial charge in [0.2, 0.25) is 0 Å². The Balaban J connectivity index is 1.49. The molecule has 0 saturated heterocycles. The first-order valence-electron chi connectivity index (χ1n) is 9.98. The fourth-order valence-electron chi connectivity index (χ4n) is 3.49. The van der Waals surface area contributed by atoms with Crippen LogP contribution in [-0.2, 0) is 0 Å². The van der Waals surface area contributed by atoms with E-state index < -0.39 is 0 Å². The van der Waals surface area contributed by atoms with Gasteiger partial charge in [-0.15, -0.1) is 0 Å². The number of nitrogens with one attached hydrogen (secondary N) is 3. The molecular weight excluding hydrogens is 392 g/mol. The Hall–Kier alpha value is -3.94. The number of fused-ring (bicyclic) bond motifs is 1. The van der Waals surface area contributed by atoms with Gasteiger partial charge in [-0.1, -0.05) is 19.1 Å². The molecule has 1 atom stereocenters. The van der Waals surface area contributed by atoms with Crippen LogP contribution in [0.3, 0.4) is 0 Å². The van der Waals surface area contributed by atoms with Crippen molar-refractivity contribution >= 4 is 22.6 Å². The fourth-order valence-corrected chi connectivity index (χ4v) is 3.49. The highest BCUT2D eigenvalue weighted by Crippen LogP contribution is 2.28. The molecule has 3 N–H and O–H groups in total. The number of carbonyl (C=O) groups is 1. The molecule has 0 aliphatic rings. The first-order valence-corrected chi connectivity index (χ1v) is 9.98. The summed E-state index contributed by atoms with van der Waals surface area (Å²) >= 11 is 0. The summed E-state index contributed by atoms with van der Waals surface area (Å²) in [5, 5.41) is 14.1. The predicted octanol–water partition coefficient (Wildman–Crippen LogP) is 3.60. The largest absolute Gasteiger partial charge is 0.496 e. The summed E-state index contributed by atoms with van der Waals surface area (Å²) in [5.74, 6) is 1.42. The molecule has 158 valence electrons. The monoisotopic (exact) mass is 416 g/mol. The van der Waals surface area contributed by atoms with Gasteiger partial charge >= 0.3 is 0 Å². The molecule has 8 nitrogen and oxygen atoms in total. The van der Waals surface area contributed by atoms with Gasteiger partial charge in [0, 0.05) is 42.1 Å². The quantitative estimate of drug-likeness (QED) is 0.425. The van der Waals surface area contributed by atoms with E-state index >= 15 is 0 Å². The molecule has 0 bridgehead atoms. The summed E-state index contributed by atoms with van der Waals surface area (Å²) in [5.41, 5.74) is 4.40. The minimum absolute atomic E-state index is 0.134. The Bertz CT molecular complexity index is 1220. The van der Waals surface area contributed by atoms with E-state index in [9.17, 15) is 4.79 Å². The lowest BCUT2D eigenvalue weighted by Gasteiger charge is -2.17. The second-order valence-electron chi connectivity index (χ2n) is 7.28. The molecule has 8 heteroatoms. The number of benzene rings is 2. The van der Waals surface area contributed by atoms with Crippen LogP contribution in [0.15, 0.2) is 55.0 Å². The van der Waals surface area contributed by atoms with Gasteiger partial charge in [-0.05, 0) is 29.8 Å². The topological polar surface area (TPSA) is 105 Å². The summed E-state index contributed by atoms with van der Waals surface area (Å²) in [6.07, 6.45) is 3.35. The van der Waals surface area contributed by atoms with E-state index in [1.54, 1.807) is 32.7 Å². The van der Waals surface area contributed by atoms with Gasteiger partial charge < -0.3 is 15.4 Å². The number of rotatable bonds is 7. The van der Waals surface area contributed by atoms with Crippen molar-refractivity contribution in [1.82, 2.24) is 25.5 Å². The number of hydrogen-bond donors (Lipinski definition) is 3. The van der Waals surface area contributed by atoms with Crippen LogP contribution in [0.25, 0.3) is 22.2 Å². The van der Waals surface area contributed by atoms with Crippen LogP contribution in [0.5, 0.6) is 5.75 Å². The number of nitrogens with zero attached hydrogens (tertiary/aromatic N) is 3. The molecule has 0 radical (unpaired) electrons. The summed E-state index contributed by atoms with van der Waals surface area (Å²) in [4.78, 5) is 20.6. The van der Waals surface area contributed by atoms with Crippen LogP contribution >= 0.6 is 0 Å². The van der Waals surface area contributed by atoms with Gasteiger partial charge in [-0.2, -0.15) is 5.10 Å². The Morgan fingerprint density at radius 1 is 1.16 bits per heavy atom. The number of H-pyrrole nitrogens is 1. The number of carbonyl (C=O) groups excluding carboxylic acids is 1. The van der Waals surface area contributed by atoms with Crippen molar-refractivity contribution in [3.8, 4) is 17.0 Å². The molecule has 2 aromatic carbocycles. The third-order valence-corrected chi connectivity index (χ3v) is 5.25. The number of hydrogen-bond acceptors (Lipinski definition) is 6. The summed E-state index contributed by atoms with van der Waals surface area (Å²) < 4.78 is 5.52. The second-order valence-corrected chi connectivity index (χ2v) is 7.28. The maximum absolute atomic E-state index is 11.9. The molecule has 2 aromatic heterocycles. The van der Waals surface area contributed by atoms with Crippen LogP contribution < -0.4 is 15.4 Å². The van der Waals surface area contributed by atoms with Crippen LogP contribution in [0, 0.1) is 0 Å². The third-order valence-electron chi connectivity index (χ3n) is 5.25. The van der Waals surface area contributed by atoms with Gasteiger partial charge in [0.05, 0.1) is 24.5 Å². The molecule has 1 amide bonds. The lowest BCUT2D eigenvalue weighted by atomic mass is 9.98. The number of amides is 1. The van der Waals surface area contributed by atoms with E-state index in [1.165, 1.54) is 0 Å². The third kappa shape index (κ3) is 4.32. The van der Waals surface area contributed by atoms with E-state index in [0.29, 0.717) is 17.9 Å². The smallest absolute Gasteiger partial charge is 0.251 e. The molecule has 31 heavy (non-hydrogen) atoms. The minimum Gasteiger partial charge on any atom is -0.496 e. The summed E-state index contributed by atoms with van der Waals surface area (Å²) in [7, 11) is 3.22. The molecule has 4 aromatic rings. The summed E-state index contributed by atoms with van der Waals surface area (Å²) in [6.45, 7) is 2.74. The van der Waals surface area contributed by atoms with E-state index in [0.717, 1.165) is 33.5 Å². The zero-order chi connectivity index (χ0) is 21.8. The average Bonchev–Trinajstić information content (AvgIpc) is 3.29. The van der Waals surface area contributed by atoms with E-state index in [1.807, 2.05) is 36.4 Å². The summed E-state index contributed by atoms with van der Waals surface area (Å²) in [6, 6.07) is 13.5. The fraction of sp³-hybridized carbons (Fsp3) is 0.217. The molecule has 0 fully saturated rings. The normalized spacial score (nSPS) is 11.8. The van der Waals surface area contributed by atoms with Crippen LogP contribution in [0.4, 0.5) is 5.82 Å². The van der Waals surface area contributed by atoms with Crippen molar-refractivity contribution in [1.29, 1.82) is 0 Å². The molecule has 2 heterocycles. The van der Waals surface area contributed by atoms with E-state index in [2.05, 4.69) is 37.7 Å². The number of aromatic amines is 1. The molecule has 0 aliphatic heterocycles. The van der Waals surface area contributed by atoms with E-state index in [4.69, 9.17) is 4.74 Å². The Morgan fingerprint density at radius 2 is 2.03 bits per heavy atom. The first kappa shape index (κ1) is 20.3. The van der Waals surface area contributed by atoms with Gasteiger partial charge in [0.1, 0.15) is 17.9 Å². The zero-order valence-electron chi connectivity index (χ0n) is 17.6. The van der Waals surface area contributed by atoms with Gasteiger partial charge in [-0.25, -0.2) is 9.97 Å². The number of methoxy groups -OCH3 is 1. The molecule has 0 spiro atoms. The highest BCUT2D eigenvalue weighted by atomic mass is 16.5. The van der Waals surface area contributed by atoms with Crippen molar-refractivity contribution < 1.29 is 9.53 Å². The Morgan fingerprint density at radius 3 is 2.84 bits per heavy atom. The minimum atomic E-state index is -0.141. The maximum Gasteiger partial charge on any atom is 0.251 e. The first-order chi connectivity index (χ1) is 15.1. The Labute approximate surface area is 180 Å². The highest BCUT2D eigenvalue weighted by Gasteiger charge is 2.15. The maximum atomic E-state index is 11.9. The number of ether oxygens (including phenoxy) is 1. The number of anilines is 1. The van der Waals surface area contributed by atoms with Crippen LogP contribution in [0.2, 0.25) is 0 Å². The SMILES string of the molecule is CNC(=O)c1ccc([C@H](C)CNc2cc(-c3ccc4[nH]ncc4c3)ncn2)c(OC)c1. The lowest BCUT2D eigenvalue weighted by molar-refractivity contribution is 0.0962. The predicted molar refractivity (Wildman–Crippen MR) is 120 cm³/mol. The van der Waals surface area contributed by atoms with Crippen molar-refractivity contribution in [2.45, 2.75) is 12.8 Å². The molecule has 4 rings (SSSR count). The molecular formula is C23H24N6O2. The second kappa shape index (κ2) is 8.83. The Kier molecular flexibility index (Phi) is 5.79. The van der Waals surface area contributed by atoms with Crippen molar-refractivity contribution in [2.24, 2.45) is 0 Å². The highest BCUT2D eigenvalue weighted by molar-refractivity contribution is 5.94. The van der Waals surface area contributed by atoms with Crippen molar-refractivity contribution in [2.75, 3.05) is 26.0 Å². The average molecular weight is 416 g/mol.